The van der Waals surface area contributed by atoms with Gasteiger partial charge in [0.25, 0.3) is 0 Å². The SMILES string of the molecule is CC/C=C(\C=C/C(C)N(c1ccccc1)c1ccc(-c2cccc(-c3cccc(-c4ccc(N(c5ccccc5)c5ccc(-c6ccccc6)cc5)cc4)c3)c2)cc1)c1ccccc1. The minimum atomic E-state index is 0.115. The van der Waals surface area contributed by atoms with Gasteiger partial charge in [0, 0.05) is 34.5 Å². The zero-order chi connectivity index (χ0) is 43.5. The highest BCUT2D eigenvalue weighted by Gasteiger charge is 2.16. The maximum atomic E-state index is 2.41. The monoisotopic (exact) mass is 824 g/mol. The molecule has 1 unspecified atom stereocenters. The summed E-state index contributed by atoms with van der Waals surface area (Å²) in [6.07, 6.45) is 7.87. The van der Waals surface area contributed by atoms with Crippen LogP contribution < -0.4 is 9.80 Å². The van der Waals surface area contributed by atoms with Crippen molar-refractivity contribution in [1.82, 2.24) is 0 Å². The molecule has 0 bridgehead atoms. The van der Waals surface area contributed by atoms with E-state index in [1.165, 1.54) is 55.6 Å². The topological polar surface area (TPSA) is 6.48 Å². The van der Waals surface area contributed by atoms with E-state index in [1.807, 2.05) is 0 Å². The van der Waals surface area contributed by atoms with Gasteiger partial charge < -0.3 is 9.80 Å². The maximum absolute atomic E-state index is 2.41. The van der Waals surface area contributed by atoms with Crippen LogP contribution in [-0.2, 0) is 0 Å². The summed E-state index contributed by atoms with van der Waals surface area (Å²) in [6, 6.07) is 87.1. The van der Waals surface area contributed by atoms with Gasteiger partial charge in [-0.25, -0.2) is 0 Å². The average molecular weight is 825 g/mol. The van der Waals surface area contributed by atoms with Gasteiger partial charge in [0.15, 0.2) is 0 Å². The molecule has 0 saturated carbocycles. The summed E-state index contributed by atoms with van der Waals surface area (Å²) in [5.74, 6) is 0. The van der Waals surface area contributed by atoms with E-state index in [2.05, 4.69) is 285 Å². The first-order valence-corrected chi connectivity index (χ1v) is 22.3. The Morgan fingerprint density at radius 1 is 0.375 bits per heavy atom. The summed E-state index contributed by atoms with van der Waals surface area (Å²) in [7, 11) is 0. The van der Waals surface area contributed by atoms with Crippen molar-refractivity contribution in [1.29, 1.82) is 0 Å². The summed E-state index contributed by atoms with van der Waals surface area (Å²) in [6.45, 7) is 4.46. The van der Waals surface area contributed by atoms with Crippen LogP contribution in [0.15, 0.2) is 261 Å². The number of nitrogens with zero attached hydrogens (tertiary/aromatic N) is 2. The quantitative estimate of drug-likeness (QED) is 0.101. The van der Waals surface area contributed by atoms with Crippen molar-refractivity contribution < 1.29 is 0 Å². The lowest BCUT2D eigenvalue weighted by Crippen LogP contribution is -2.26. The predicted octanol–water partition coefficient (Wildman–Crippen LogP) is 17.4. The van der Waals surface area contributed by atoms with E-state index in [-0.39, 0.29) is 6.04 Å². The lowest BCUT2D eigenvalue weighted by atomic mass is 9.96. The van der Waals surface area contributed by atoms with Gasteiger partial charge in [0.05, 0.1) is 0 Å². The Bertz CT molecular complexity index is 2940. The highest BCUT2D eigenvalue weighted by Crippen LogP contribution is 2.38. The second-order valence-corrected chi connectivity index (χ2v) is 16.1. The zero-order valence-corrected chi connectivity index (χ0v) is 36.5. The average Bonchev–Trinajstić information content (AvgIpc) is 3.37. The Balaban J connectivity index is 0.949. The summed E-state index contributed by atoms with van der Waals surface area (Å²) in [5.41, 5.74) is 17.7. The molecule has 0 aliphatic heterocycles. The van der Waals surface area contributed by atoms with Crippen LogP contribution >= 0.6 is 0 Å². The van der Waals surface area contributed by atoms with Gasteiger partial charge in [-0.1, -0.05) is 195 Å². The molecule has 0 heterocycles. The Morgan fingerprint density at radius 2 is 0.719 bits per heavy atom. The first-order valence-electron chi connectivity index (χ1n) is 22.3. The fourth-order valence-electron chi connectivity index (χ4n) is 8.50. The second-order valence-electron chi connectivity index (χ2n) is 16.1. The summed E-state index contributed by atoms with van der Waals surface area (Å²) >= 11 is 0. The molecule has 0 fully saturated rings. The van der Waals surface area contributed by atoms with Crippen molar-refractivity contribution in [2.45, 2.75) is 26.3 Å². The highest BCUT2D eigenvalue weighted by atomic mass is 15.2. The summed E-state index contributed by atoms with van der Waals surface area (Å²) in [5, 5.41) is 0. The van der Waals surface area contributed by atoms with Gasteiger partial charge in [-0.05, 0) is 142 Å². The van der Waals surface area contributed by atoms with Crippen molar-refractivity contribution in [3.05, 3.63) is 266 Å². The number of para-hydroxylation sites is 2. The molecule has 0 aliphatic carbocycles. The number of hydrogen-bond acceptors (Lipinski definition) is 2. The molecule has 0 aliphatic rings. The molecule has 2 heteroatoms. The number of anilines is 5. The van der Waals surface area contributed by atoms with E-state index in [0.29, 0.717) is 0 Å². The van der Waals surface area contributed by atoms with E-state index < -0.39 is 0 Å². The fourth-order valence-corrected chi connectivity index (χ4v) is 8.50. The van der Waals surface area contributed by atoms with Crippen LogP contribution in [-0.4, -0.2) is 6.04 Å². The van der Waals surface area contributed by atoms with Crippen LogP contribution in [0.3, 0.4) is 0 Å². The predicted molar refractivity (Wildman–Crippen MR) is 275 cm³/mol. The van der Waals surface area contributed by atoms with E-state index in [0.717, 1.165) is 34.9 Å². The molecule has 0 aromatic heterocycles. The Morgan fingerprint density at radius 3 is 1.20 bits per heavy atom. The fraction of sp³-hybridized carbons (Fsp3) is 0.0645. The maximum Gasteiger partial charge on any atom is 0.0497 e. The standard InChI is InChI=1S/C62H52N2/c1-3-18-48(49-19-8-4-9-20-49)32-31-47(2)63(58-27-12-6-13-28-58)60-39-35-52(36-40-60)54-23-16-25-56(45-54)57-26-17-24-55(46-57)53-37-43-62(44-38-53)64(59-29-14-7-15-30-59)61-41-33-51(34-42-61)50-21-10-5-11-22-50/h4-47H,3H2,1-2H3/b32-31-,48-18+. The van der Waals surface area contributed by atoms with Gasteiger partial charge in [-0.15, -0.1) is 0 Å². The van der Waals surface area contributed by atoms with Gasteiger partial charge in [-0.2, -0.15) is 0 Å². The molecule has 0 N–H and O–H groups in total. The molecular formula is C62H52N2. The van der Waals surface area contributed by atoms with E-state index in [9.17, 15) is 0 Å². The van der Waals surface area contributed by atoms with Gasteiger partial charge in [-0.3, -0.25) is 0 Å². The molecule has 9 aromatic carbocycles. The lowest BCUT2D eigenvalue weighted by molar-refractivity contribution is 0.864. The molecule has 9 aromatic rings. The largest absolute Gasteiger partial charge is 0.335 e. The van der Waals surface area contributed by atoms with Crippen LogP contribution in [0.5, 0.6) is 0 Å². The molecule has 64 heavy (non-hydrogen) atoms. The molecular weight excluding hydrogens is 773 g/mol. The minimum absolute atomic E-state index is 0.115. The van der Waals surface area contributed by atoms with E-state index >= 15 is 0 Å². The molecule has 0 amide bonds. The first-order chi connectivity index (χ1) is 31.6. The molecule has 1 atom stereocenters. The highest BCUT2D eigenvalue weighted by molar-refractivity contribution is 5.82. The lowest BCUT2D eigenvalue weighted by Gasteiger charge is -2.30. The van der Waals surface area contributed by atoms with Gasteiger partial charge in [0.1, 0.15) is 0 Å². The van der Waals surface area contributed by atoms with Crippen LogP contribution in [0.4, 0.5) is 28.4 Å². The molecule has 0 spiro atoms. The van der Waals surface area contributed by atoms with Gasteiger partial charge in [0.2, 0.25) is 0 Å². The molecule has 2 nitrogen and oxygen atoms in total. The van der Waals surface area contributed by atoms with Crippen LogP contribution in [0.2, 0.25) is 0 Å². The van der Waals surface area contributed by atoms with Crippen LogP contribution in [0, 0.1) is 0 Å². The van der Waals surface area contributed by atoms with Crippen LogP contribution in [0.1, 0.15) is 25.8 Å². The number of hydrogen-bond donors (Lipinski definition) is 0. The summed E-state index contributed by atoms with van der Waals surface area (Å²) in [4.78, 5) is 4.73. The zero-order valence-electron chi connectivity index (χ0n) is 36.5. The second kappa shape index (κ2) is 19.8. The van der Waals surface area contributed by atoms with Crippen molar-refractivity contribution in [2.24, 2.45) is 0 Å². The number of benzene rings is 9. The van der Waals surface area contributed by atoms with Crippen molar-refractivity contribution in [3.8, 4) is 44.5 Å². The number of allylic oxidation sites excluding steroid dienone is 3. The summed E-state index contributed by atoms with van der Waals surface area (Å²) < 4.78 is 0. The van der Waals surface area contributed by atoms with E-state index in [4.69, 9.17) is 0 Å². The van der Waals surface area contributed by atoms with Crippen molar-refractivity contribution >= 4 is 34.0 Å². The van der Waals surface area contributed by atoms with Gasteiger partial charge >= 0.3 is 0 Å². The normalized spacial score (nSPS) is 11.9. The van der Waals surface area contributed by atoms with Crippen molar-refractivity contribution in [3.63, 3.8) is 0 Å². The smallest absolute Gasteiger partial charge is 0.0497 e. The van der Waals surface area contributed by atoms with E-state index in [1.54, 1.807) is 0 Å². The molecule has 0 saturated heterocycles. The third-order valence-electron chi connectivity index (χ3n) is 11.8. The third-order valence-corrected chi connectivity index (χ3v) is 11.8. The van der Waals surface area contributed by atoms with Crippen molar-refractivity contribution in [2.75, 3.05) is 9.80 Å². The molecule has 9 rings (SSSR count). The molecule has 310 valence electrons. The van der Waals surface area contributed by atoms with Crippen LogP contribution in [0.25, 0.3) is 50.1 Å². The minimum Gasteiger partial charge on any atom is -0.335 e. The Labute approximate surface area is 379 Å². The Kier molecular flexibility index (Phi) is 12.8. The molecule has 0 radical (unpaired) electrons. The third kappa shape index (κ3) is 9.58. The number of rotatable bonds is 14. The Hall–Kier alpha value is -7.94. The first kappa shape index (κ1) is 41.4.